The van der Waals surface area contributed by atoms with Crippen LogP contribution in [0.25, 0.3) is 0 Å². The quantitative estimate of drug-likeness (QED) is 0.551. The lowest BCUT2D eigenvalue weighted by molar-refractivity contribution is -0.122. The summed E-state index contributed by atoms with van der Waals surface area (Å²) < 4.78 is 31.6. The lowest BCUT2D eigenvalue weighted by Crippen LogP contribution is -2.47. The molecule has 1 unspecified atom stereocenters. The molecule has 9 heteroatoms. The summed E-state index contributed by atoms with van der Waals surface area (Å²) in [5.41, 5.74) is 0.832. The second-order valence-corrected chi connectivity index (χ2v) is 9.36. The fourth-order valence-electron chi connectivity index (χ4n) is 2.18. The molecule has 1 amide bonds. The van der Waals surface area contributed by atoms with Gasteiger partial charge in [-0.05, 0) is 49.7 Å². The summed E-state index contributed by atoms with van der Waals surface area (Å²) in [4.78, 5) is 16.6. The normalized spacial score (nSPS) is 15.5. The monoisotopic (exact) mass is 401 g/mol. The molecule has 0 aliphatic heterocycles. The van der Waals surface area contributed by atoms with Crippen LogP contribution in [0.2, 0.25) is 0 Å². The number of sulfonamides is 1. The van der Waals surface area contributed by atoms with Crippen molar-refractivity contribution in [2.24, 2.45) is 5.92 Å². The third-order valence-electron chi connectivity index (χ3n) is 4.06. The highest BCUT2D eigenvalue weighted by Crippen LogP contribution is 2.29. The summed E-state index contributed by atoms with van der Waals surface area (Å²) in [6.07, 6.45) is 6.48. The molecule has 1 aliphatic carbocycles. The van der Waals surface area contributed by atoms with Gasteiger partial charge in [0.05, 0.1) is 12.4 Å². The maximum absolute atomic E-state index is 12.4. The summed E-state index contributed by atoms with van der Waals surface area (Å²) in [5, 5.41) is 2.78. The van der Waals surface area contributed by atoms with Crippen molar-refractivity contribution in [2.45, 2.75) is 38.8 Å². The molecule has 2 N–H and O–H groups in total. The van der Waals surface area contributed by atoms with Crippen molar-refractivity contribution in [3.63, 3.8) is 0 Å². The van der Waals surface area contributed by atoms with Crippen LogP contribution in [0.4, 0.5) is 0 Å². The zero-order valence-electron chi connectivity index (χ0n) is 15.2. The number of hydrogen-bond donors (Lipinski definition) is 2. The van der Waals surface area contributed by atoms with Gasteiger partial charge >= 0.3 is 0 Å². The van der Waals surface area contributed by atoms with Crippen molar-refractivity contribution in [3.8, 4) is 5.88 Å². The van der Waals surface area contributed by atoms with E-state index >= 15 is 0 Å². The minimum Gasteiger partial charge on any atom is -0.477 e. The number of nitrogens with one attached hydrogen (secondary N) is 2. The number of ether oxygens (including phenoxy) is 1. The van der Waals surface area contributed by atoms with Gasteiger partial charge in [0.1, 0.15) is 6.04 Å². The summed E-state index contributed by atoms with van der Waals surface area (Å²) in [6, 6.07) is 2.87. The third kappa shape index (κ3) is 7.51. The van der Waals surface area contributed by atoms with Crippen LogP contribution in [0.3, 0.4) is 0 Å². The van der Waals surface area contributed by atoms with Gasteiger partial charge in [-0.15, -0.1) is 0 Å². The zero-order chi connectivity index (χ0) is 19.0. The largest absolute Gasteiger partial charge is 0.477 e. The molecule has 0 saturated heterocycles. The molecule has 1 aliphatic rings. The van der Waals surface area contributed by atoms with Gasteiger partial charge in [0.2, 0.25) is 21.8 Å². The van der Waals surface area contributed by atoms with E-state index in [0.717, 1.165) is 5.56 Å². The molecule has 1 atom stereocenters. The van der Waals surface area contributed by atoms with Crippen molar-refractivity contribution < 1.29 is 17.9 Å². The molecule has 1 aromatic heterocycles. The zero-order valence-corrected chi connectivity index (χ0v) is 16.9. The average Bonchev–Trinajstić information content (AvgIpc) is 3.46. The van der Waals surface area contributed by atoms with Crippen LogP contribution in [0.5, 0.6) is 5.88 Å². The van der Waals surface area contributed by atoms with Gasteiger partial charge in [0, 0.05) is 18.8 Å². The Balaban J connectivity index is 1.84. The number of nitrogens with zero attached hydrogens (tertiary/aromatic N) is 1. The highest BCUT2D eigenvalue weighted by Gasteiger charge is 2.23. The molecule has 26 heavy (non-hydrogen) atoms. The van der Waals surface area contributed by atoms with E-state index in [4.69, 9.17) is 4.74 Å². The predicted octanol–water partition coefficient (Wildman–Crippen LogP) is 1.55. The fraction of sp³-hybridized carbons (Fsp3) is 0.647. The Morgan fingerprint density at radius 3 is 2.77 bits per heavy atom. The van der Waals surface area contributed by atoms with Gasteiger partial charge in [-0.1, -0.05) is 6.07 Å². The number of carbonyl (C=O) groups excluding carboxylic acids is 1. The Labute approximate surface area is 159 Å². The topological polar surface area (TPSA) is 97.4 Å². The summed E-state index contributed by atoms with van der Waals surface area (Å²) in [6.45, 7) is 2.54. The Kier molecular flexibility index (Phi) is 8.17. The SMILES string of the molecule is CCS(=O)(=O)NC(CCSC)C(=O)NCc1ccc(OCC2CC2)nc1. The van der Waals surface area contributed by atoms with Crippen molar-refractivity contribution in [1.29, 1.82) is 0 Å². The second kappa shape index (κ2) is 10.1. The molecule has 0 spiro atoms. The van der Waals surface area contributed by atoms with Gasteiger partial charge in [-0.25, -0.2) is 18.1 Å². The molecule has 0 radical (unpaired) electrons. The standard InChI is InChI=1S/C17H27N3O4S2/c1-3-26(22,23)20-15(8-9-25-2)17(21)19-11-14-6-7-16(18-10-14)24-12-13-4-5-13/h6-7,10,13,15,20H,3-5,8-9,11-12H2,1-2H3,(H,19,21). The summed E-state index contributed by atoms with van der Waals surface area (Å²) >= 11 is 1.57. The summed E-state index contributed by atoms with van der Waals surface area (Å²) in [7, 11) is -3.44. The average molecular weight is 402 g/mol. The van der Waals surface area contributed by atoms with E-state index in [9.17, 15) is 13.2 Å². The maximum Gasteiger partial charge on any atom is 0.238 e. The molecule has 146 valence electrons. The number of thioether (sulfide) groups is 1. The van der Waals surface area contributed by atoms with Crippen molar-refractivity contribution in [2.75, 3.05) is 24.4 Å². The molecule has 1 saturated carbocycles. The minimum absolute atomic E-state index is 0.0533. The molecule has 0 bridgehead atoms. The molecule has 1 aromatic rings. The molecular weight excluding hydrogens is 374 g/mol. The van der Waals surface area contributed by atoms with E-state index in [2.05, 4.69) is 15.0 Å². The van der Waals surface area contributed by atoms with Crippen LogP contribution in [-0.4, -0.2) is 49.7 Å². The lowest BCUT2D eigenvalue weighted by Gasteiger charge is -2.17. The van der Waals surface area contributed by atoms with E-state index in [1.807, 2.05) is 12.3 Å². The first-order valence-electron chi connectivity index (χ1n) is 8.78. The van der Waals surface area contributed by atoms with E-state index in [0.29, 0.717) is 37.1 Å². The second-order valence-electron chi connectivity index (χ2n) is 6.33. The Hall–Kier alpha value is -1.32. The number of amides is 1. The van der Waals surface area contributed by atoms with Crippen LogP contribution in [0, 0.1) is 5.92 Å². The van der Waals surface area contributed by atoms with E-state index in [-0.39, 0.29) is 11.7 Å². The van der Waals surface area contributed by atoms with E-state index in [1.54, 1.807) is 30.9 Å². The molecule has 7 nitrogen and oxygen atoms in total. The Morgan fingerprint density at radius 1 is 1.42 bits per heavy atom. The highest BCUT2D eigenvalue weighted by atomic mass is 32.2. The van der Waals surface area contributed by atoms with Gasteiger partial charge in [0.15, 0.2) is 0 Å². The number of aromatic nitrogens is 1. The van der Waals surface area contributed by atoms with Gasteiger partial charge < -0.3 is 10.1 Å². The van der Waals surface area contributed by atoms with Crippen molar-refractivity contribution >= 4 is 27.7 Å². The van der Waals surface area contributed by atoms with Gasteiger partial charge in [-0.2, -0.15) is 11.8 Å². The first-order valence-corrected chi connectivity index (χ1v) is 11.8. The highest BCUT2D eigenvalue weighted by molar-refractivity contribution is 7.98. The Bertz CT molecular complexity index is 676. The van der Waals surface area contributed by atoms with E-state index < -0.39 is 16.1 Å². The smallest absolute Gasteiger partial charge is 0.238 e. The van der Waals surface area contributed by atoms with Crippen LogP contribution >= 0.6 is 11.8 Å². The summed E-state index contributed by atoms with van der Waals surface area (Å²) in [5.74, 6) is 1.56. The van der Waals surface area contributed by atoms with Crippen molar-refractivity contribution in [3.05, 3.63) is 23.9 Å². The minimum atomic E-state index is -3.44. The molecule has 2 rings (SSSR count). The molecular formula is C17H27N3O4S2. The molecule has 0 aromatic carbocycles. The first-order chi connectivity index (χ1) is 12.4. The Morgan fingerprint density at radius 2 is 2.19 bits per heavy atom. The number of pyridine rings is 1. The number of hydrogen-bond acceptors (Lipinski definition) is 6. The van der Waals surface area contributed by atoms with Crippen LogP contribution < -0.4 is 14.8 Å². The first kappa shape index (κ1) is 21.0. The van der Waals surface area contributed by atoms with Crippen LogP contribution in [-0.2, 0) is 21.4 Å². The maximum atomic E-state index is 12.4. The van der Waals surface area contributed by atoms with E-state index in [1.165, 1.54) is 12.8 Å². The molecule has 1 heterocycles. The number of carbonyl (C=O) groups is 1. The van der Waals surface area contributed by atoms with Gasteiger partial charge in [-0.3, -0.25) is 4.79 Å². The van der Waals surface area contributed by atoms with Crippen LogP contribution in [0.15, 0.2) is 18.3 Å². The lowest BCUT2D eigenvalue weighted by atomic mass is 10.2. The third-order valence-corrected chi connectivity index (χ3v) is 6.10. The molecule has 1 fully saturated rings. The van der Waals surface area contributed by atoms with Gasteiger partial charge in [0.25, 0.3) is 0 Å². The fourth-order valence-corrected chi connectivity index (χ4v) is 3.48. The predicted molar refractivity (Wildman–Crippen MR) is 104 cm³/mol. The van der Waals surface area contributed by atoms with Crippen LogP contribution in [0.1, 0.15) is 31.7 Å². The number of rotatable bonds is 12. The van der Waals surface area contributed by atoms with Crippen molar-refractivity contribution in [1.82, 2.24) is 15.0 Å².